The number of ether oxygens (including phenoxy) is 1. The van der Waals surface area contributed by atoms with E-state index >= 15 is 0 Å². The third-order valence-electron chi connectivity index (χ3n) is 1.77. The van der Waals surface area contributed by atoms with Gasteiger partial charge in [0.05, 0.1) is 13.5 Å². The van der Waals surface area contributed by atoms with Gasteiger partial charge in [0.2, 0.25) is 5.91 Å². The quantitative estimate of drug-likeness (QED) is 0.815. The molecule has 0 saturated heterocycles. The van der Waals surface area contributed by atoms with Crippen molar-refractivity contribution in [2.45, 2.75) is 12.8 Å². The van der Waals surface area contributed by atoms with E-state index in [0.29, 0.717) is 10.8 Å². The monoisotopic (exact) mass is 242 g/mol. The van der Waals surface area contributed by atoms with E-state index in [9.17, 15) is 9.59 Å². The number of carbonyl (C=O) groups excluding carboxylic acids is 2. The van der Waals surface area contributed by atoms with Crippen molar-refractivity contribution in [1.82, 2.24) is 4.98 Å². The van der Waals surface area contributed by atoms with Crippen LogP contribution in [0.25, 0.3) is 0 Å². The molecule has 0 aliphatic carbocycles. The Labute approximate surface area is 97.8 Å². The van der Waals surface area contributed by atoms with Gasteiger partial charge in [0.25, 0.3) is 0 Å². The van der Waals surface area contributed by atoms with E-state index in [1.165, 1.54) is 19.4 Å². The van der Waals surface area contributed by atoms with E-state index in [1.54, 1.807) is 6.07 Å². The molecule has 0 radical (unpaired) electrons. The van der Waals surface area contributed by atoms with Gasteiger partial charge in [0, 0.05) is 17.6 Å². The molecular formula is C10H11ClN2O3. The van der Waals surface area contributed by atoms with Crippen LogP contribution in [0, 0.1) is 0 Å². The molecule has 1 N–H and O–H groups in total. The first kappa shape index (κ1) is 12.4. The van der Waals surface area contributed by atoms with Gasteiger partial charge >= 0.3 is 5.97 Å². The van der Waals surface area contributed by atoms with Crippen molar-refractivity contribution < 1.29 is 14.3 Å². The molecule has 0 bridgehead atoms. The number of rotatable bonds is 4. The molecule has 1 aromatic heterocycles. The largest absolute Gasteiger partial charge is 0.469 e. The standard InChI is InChI=1S/C10H11ClN2O3/c1-16-10(15)3-2-9(14)13-8-6-7(11)4-5-12-8/h4-6H,2-3H2,1H3,(H,12,13,14). The number of aromatic nitrogens is 1. The number of nitrogens with one attached hydrogen (secondary N) is 1. The van der Waals surface area contributed by atoms with E-state index in [1.807, 2.05) is 0 Å². The van der Waals surface area contributed by atoms with Gasteiger partial charge in [-0.15, -0.1) is 0 Å². The molecule has 1 aromatic rings. The van der Waals surface area contributed by atoms with Gasteiger partial charge in [-0.1, -0.05) is 11.6 Å². The fraction of sp³-hybridized carbons (Fsp3) is 0.300. The van der Waals surface area contributed by atoms with Gasteiger partial charge < -0.3 is 10.1 Å². The number of esters is 1. The molecule has 0 aliphatic rings. The van der Waals surface area contributed by atoms with E-state index in [0.717, 1.165) is 0 Å². The highest BCUT2D eigenvalue weighted by molar-refractivity contribution is 6.30. The zero-order chi connectivity index (χ0) is 12.0. The summed E-state index contributed by atoms with van der Waals surface area (Å²) < 4.78 is 4.41. The minimum absolute atomic E-state index is 0.0445. The molecule has 1 rings (SSSR count). The molecule has 0 fully saturated rings. The highest BCUT2D eigenvalue weighted by Gasteiger charge is 2.07. The minimum atomic E-state index is -0.422. The van der Waals surface area contributed by atoms with Crippen molar-refractivity contribution in [3.8, 4) is 0 Å². The van der Waals surface area contributed by atoms with Gasteiger partial charge in [-0.3, -0.25) is 9.59 Å². The summed E-state index contributed by atoms with van der Waals surface area (Å²) in [5, 5.41) is 3.00. The number of pyridine rings is 1. The molecule has 0 spiro atoms. The van der Waals surface area contributed by atoms with Gasteiger partial charge in [-0.2, -0.15) is 0 Å². The Balaban J connectivity index is 2.43. The van der Waals surface area contributed by atoms with Crippen LogP contribution in [0.4, 0.5) is 5.82 Å². The highest BCUT2D eigenvalue weighted by atomic mass is 35.5. The van der Waals surface area contributed by atoms with Gasteiger partial charge in [-0.05, 0) is 12.1 Å². The molecule has 16 heavy (non-hydrogen) atoms. The molecule has 0 atom stereocenters. The summed E-state index contributed by atoms with van der Waals surface area (Å²) in [6.45, 7) is 0. The Morgan fingerprint density at radius 1 is 1.50 bits per heavy atom. The van der Waals surface area contributed by atoms with E-state index in [2.05, 4.69) is 15.0 Å². The average Bonchev–Trinajstić information content (AvgIpc) is 2.26. The summed E-state index contributed by atoms with van der Waals surface area (Å²) >= 11 is 5.71. The summed E-state index contributed by atoms with van der Waals surface area (Å²) in [4.78, 5) is 26.0. The first-order valence-electron chi connectivity index (χ1n) is 4.60. The van der Waals surface area contributed by atoms with Crippen LogP contribution in [-0.4, -0.2) is 24.0 Å². The van der Waals surface area contributed by atoms with Crippen molar-refractivity contribution in [3.63, 3.8) is 0 Å². The van der Waals surface area contributed by atoms with Crippen LogP contribution in [0.5, 0.6) is 0 Å². The maximum atomic E-state index is 11.3. The predicted molar refractivity (Wildman–Crippen MR) is 59.1 cm³/mol. The second-order valence-electron chi connectivity index (χ2n) is 2.98. The maximum absolute atomic E-state index is 11.3. The van der Waals surface area contributed by atoms with Crippen molar-refractivity contribution >= 4 is 29.3 Å². The molecule has 0 saturated carbocycles. The Kier molecular flexibility index (Phi) is 4.72. The van der Waals surface area contributed by atoms with Crippen LogP contribution in [0.3, 0.4) is 0 Å². The zero-order valence-electron chi connectivity index (χ0n) is 8.70. The van der Waals surface area contributed by atoms with E-state index in [-0.39, 0.29) is 18.7 Å². The van der Waals surface area contributed by atoms with E-state index in [4.69, 9.17) is 11.6 Å². The van der Waals surface area contributed by atoms with Crippen LogP contribution in [-0.2, 0) is 14.3 Å². The number of amides is 1. The maximum Gasteiger partial charge on any atom is 0.306 e. The van der Waals surface area contributed by atoms with Crippen molar-refractivity contribution in [3.05, 3.63) is 23.4 Å². The zero-order valence-corrected chi connectivity index (χ0v) is 9.45. The number of anilines is 1. The number of hydrogen-bond donors (Lipinski definition) is 1. The third-order valence-corrected chi connectivity index (χ3v) is 2.01. The Bertz CT molecular complexity index is 395. The van der Waals surface area contributed by atoms with Gasteiger partial charge in [-0.25, -0.2) is 4.98 Å². The molecule has 5 nitrogen and oxygen atoms in total. The van der Waals surface area contributed by atoms with Crippen molar-refractivity contribution in [2.75, 3.05) is 12.4 Å². The number of nitrogens with zero attached hydrogens (tertiary/aromatic N) is 1. The van der Waals surface area contributed by atoms with E-state index < -0.39 is 5.97 Å². The normalized spacial score (nSPS) is 9.62. The number of methoxy groups -OCH3 is 1. The lowest BCUT2D eigenvalue weighted by atomic mass is 10.3. The Hall–Kier alpha value is -1.62. The molecular weight excluding hydrogens is 232 g/mol. The smallest absolute Gasteiger partial charge is 0.306 e. The lowest BCUT2D eigenvalue weighted by molar-refractivity contribution is -0.141. The molecule has 0 aromatic carbocycles. The summed E-state index contributed by atoms with van der Waals surface area (Å²) in [5.41, 5.74) is 0. The highest BCUT2D eigenvalue weighted by Crippen LogP contribution is 2.11. The second-order valence-corrected chi connectivity index (χ2v) is 3.42. The molecule has 6 heteroatoms. The number of halogens is 1. The molecule has 86 valence electrons. The van der Waals surface area contributed by atoms with Crippen LogP contribution >= 0.6 is 11.6 Å². The molecule has 0 aliphatic heterocycles. The topological polar surface area (TPSA) is 68.3 Å². The van der Waals surface area contributed by atoms with Crippen LogP contribution in [0.2, 0.25) is 5.02 Å². The molecule has 0 unspecified atom stereocenters. The summed E-state index contributed by atoms with van der Waals surface area (Å²) in [5.74, 6) is -0.364. The SMILES string of the molecule is COC(=O)CCC(=O)Nc1cc(Cl)ccn1. The first-order valence-corrected chi connectivity index (χ1v) is 4.98. The van der Waals surface area contributed by atoms with Crippen LogP contribution < -0.4 is 5.32 Å². The minimum Gasteiger partial charge on any atom is -0.469 e. The van der Waals surface area contributed by atoms with Crippen molar-refractivity contribution in [2.24, 2.45) is 0 Å². The fourth-order valence-corrected chi connectivity index (χ4v) is 1.16. The predicted octanol–water partition coefficient (Wildman–Crippen LogP) is 1.63. The second kappa shape index (κ2) is 6.07. The lowest BCUT2D eigenvalue weighted by Crippen LogP contribution is -2.14. The van der Waals surface area contributed by atoms with Crippen LogP contribution in [0.15, 0.2) is 18.3 Å². The van der Waals surface area contributed by atoms with Gasteiger partial charge in [0.1, 0.15) is 5.82 Å². The summed E-state index contributed by atoms with van der Waals surface area (Å²) in [6.07, 6.45) is 1.59. The van der Waals surface area contributed by atoms with Crippen molar-refractivity contribution in [1.29, 1.82) is 0 Å². The lowest BCUT2D eigenvalue weighted by Gasteiger charge is -2.03. The molecule has 1 amide bonds. The summed E-state index contributed by atoms with van der Waals surface area (Å²) in [7, 11) is 1.28. The average molecular weight is 243 g/mol. The first-order chi connectivity index (χ1) is 7.61. The van der Waals surface area contributed by atoms with Gasteiger partial charge in [0.15, 0.2) is 0 Å². The van der Waals surface area contributed by atoms with Crippen LogP contribution in [0.1, 0.15) is 12.8 Å². The number of carbonyl (C=O) groups is 2. The number of hydrogen-bond acceptors (Lipinski definition) is 4. The Morgan fingerprint density at radius 3 is 2.88 bits per heavy atom. The Morgan fingerprint density at radius 2 is 2.25 bits per heavy atom. The fourth-order valence-electron chi connectivity index (χ4n) is 0.996. The summed E-state index contributed by atoms with van der Waals surface area (Å²) in [6, 6.07) is 3.13. The molecule has 1 heterocycles. The third kappa shape index (κ3) is 4.27.